The minimum absolute atomic E-state index is 0.0475. The van der Waals surface area contributed by atoms with E-state index in [1.807, 2.05) is 0 Å². The molecule has 1 N–H and O–H groups in total. The third-order valence-corrected chi connectivity index (χ3v) is 1.57. The molecule has 5 heteroatoms. The third kappa shape index (κ3) is 2.71. The van der Waals surface area contributed by atoms with E-state index in [1.165, 1.54) is 12.3 Å². The summed E-state index contributed by atoms with van der Waals surface area (Å²) >= 11 is 5.39. The Morgan fingerprint density at radius 2 is 2.43 bits per heavy atom. The first-order chi connectivity index (χ1) is 6.61. The Balaban J connectivity index is 2.90. The number of carboxylic acids is 1. The van der Waals surface area contributed by atoms with Crippen LogP contribution in [0.1, 0.15) is 12.0 Å². The lowest BCUT2D eigenvalue weighted by atomic mass is 10.2. The fourth-order valence-corrected chi connectivity index (χ4v) is 0.888. The van der Waals surface area contributed by atoms with Crippen LogP contribution in [0, 0.1) is 17.7 Å². The van der Waals surface area contributed by atoms with Crippen molar-refractivity contribution in [2.24, 2.45) is 0 Å². The number of aromatic nitrogens is 1. The molecular formula is C9H5ClFNO2. The van der Waals surface area contributed by atoms with Gasteiger partial charge in [-0.3, -0.25) is 4.79 Å². The molecule has 14 heavy (non-hydrogen) atoms. The Bertz CT molecular complexity index is 423. The Hall–Kier alpha value is -1.60. The van der Waals surface area contributed by atoms with Crippen LogP contribution in [0.5, 0.6) is 0 Å². The number of carboxylic acid groups (broad SMARTS) is 1. The summed E-state index contributed by atoms with van der Waals surface area (Å²) in [6, 6.07) is 1.33. The molecule has 0 unspecified atom stereocenters. The van der Waals surface area contributed by atoms with Crippen molar-refractivity contribution in [1.29, 1.82) is 0 Å². The lowest BCUT2D eigenvalue weighted by Gasteiger charge is -1.94. The maximum Gasteiger partial charge on any atom is 0.315 e. The van der Waals surface area contributed by atoms with Crippen LogP contribution in [0.3, 0.4) is 0 Å². The van der Waals surface area contributed by atoms with Crippen LogP contribution in [0.15, 0.2) is 12.3 Å². The Labute approximate surface area is 84.5 Å². The standard InChI is InChI=1S/C9H5ClFNO2/c10-9-8(11)6(4-5-12-9)2-1-3-7(13)14/h4-5H,3H2,(H,13,14). The molecule has 0 fully saturated rings. The average Bonchev–Trinajstić information content (AvgIpc) is 2.12. The fourth-order valence-electron chi connectivity index (χ4n) is 0.730. The Kier molecular flexibility index (Phi) is 3.43. The van der Waals surface area contributed by atoms with Crippen LogP contribution in [-0.2, 0) is 4.79 Å². The van der Waals surface area contributed by atoms with E-state index in [1.54, 1.807) is 0 Å². The molecule has 1 heterocycles. The zero-order chi connectivity index (χ0) is 10.6. The van der Waals surface area contributed by atoms with Gasteiger partial charge in [-0.15, -0.1) is 0 Å². The zero-order valence-corrected chi connectivity index (χ0v) is 7.68. The molecule has 0 amide bonds. The average molecular weight is 214 g/mol. The molecule has 0 aliphatic heterocycles. The zero-order valence-electron chi connectivity index (χ0n) is 6.92. The highest BCUT2D eigenvalue weighted by atomic mass is 35.5. The summed E-state index contributed by atoms with van der Waals surface area (Å²) in [6.45, 7) is 0. The van der Waals surface area contributed by atoms with Gasteiger partial charge in [-0.25, -0.2) is 9.37 Å². The predicted octanol–water partition coefficient (Wildman–Crippen LogP) is 1.70. The van der Waals surface area contributed by atoms with Crippen molar-refractivity contribution < 1.29 is 14.3 Å². The molecular weight excluding hydrogens is 209 g/mol. The molecule has 1 aromatic heterocycles. The number of carbonyl (C=O) groups is 1. The minimum atomic E-state index is -1.06. The van der Waals surface area contributed by atoms with Crippen LogP contribution in [-0.4, -0.2) is 16.1 Å². The van der Waals surface area contributed by atoms with Crippen LogP contribution in [0.25, 0.3) is 0 Å². The third-order valence-electron chi connectivity index (χ3n) is 1.31. The number of rotatable bonds is 1. The highest BCUT2D eigenvalue weighted by Crippen LogP contribution is 2.13. The summed E-state index contributed by atoms with van der Waals surface area (Å²) in [5, 5.41) is 8.01. The van der Waals surface area contributed by atoms with E-state index in [0.717, 1.165) is 0 Å². The fraction of sp³-hybridized carbons (Fsp3) is 0.111. The molecule has 1 rings (SSSR count). The van der Waals surface area contributed by atoms with Gasteiger partial charge in [0.05, 0.1) is 5.56 Å². The van der Waals surface area contributed by atoms with Crippen molar-refractivity contribution in [3.63, 3.8) is 0 Å². The molecule has 0 aliphatic carbocycles. The van der Waals surface area contributed by atoms with E-state index in [4.69, 9.17) is 16.7 Å². The molecule has 72 valence electrons. The van der Waals surface area contributed by atoms with Gasteiger partial charge in [-0.2, -0.15) is 0 Å². The Morgan fingerprint density at radius 3 is 3.07 bits per heavy atom. The predicted molar refractivity (Wildman–Crippen MR) is 48.3 cm³/mol. The molecule has 0 aliphatic rings. The van der Waals surface area contributed by atoms with Crippen molar-refractivity contribution in [3.8, 4) is 11.8 Å². The van der Waals surface area contributed by atoms with Gasteiger partial charge in [0.1, 0.15) is 6.42 Å². The number of hydrogen-bond donors (Lipinski definition) is 1. The smallest absolute Gasteiger partial charge is 0.315 e. The van der Waals surface area contributed by atoms with Gasteiger partial charge >= 0.3 is 5.97 Å². The van der Waals surface area contributed by atoms with E-state index >= 15 is 0 Å². The van der Waals surface area contributed by atoms with Gasteiger partial charge in [-0.05, 0) is 6.07 Å². The van der Waals surface area contributed by atoms with Crippen molar-refractivity contribution >= 4 is 17.6 Å². The summed E-state index contributed by atoms with van der Waals surface area (Å²) < 4.78 is 13.1. The van der Waals surface area contributed by atoms with Gasteiger partial charge in [0, 0.05) is 6.20 Å². The number of nitrogens with zero attached hydrogens (tertiary/aromatic N) is 1. The quantitative estimate of drug-likeness (QED) is 0.571. The lowest BCUT2D eigenvalue weighted by molar-refractivity contribution is -0.135. The second kappa shape index (κ2) is 4.58. The van der Waals surface area contributed by atoms with Crippen LogP contribution in [0.4, 0.5) is 4.39 Å². The maximum absolute atomic E-state index is 13.1. The molecule has 0 spiro atoms. The summed E-state index contributed by atoms with van der Waals surface area (Å²) in [5.41, 5.74) is 0.0475. The van der Waals surface area contributed by atoms with E-state index < -0.39 is 11.8 Å². The van der Waals surface area contributed by atoms with Crippen LogP contribution in [0.2, 0.25) is 5.15 Å². The molecule has 3 nitrogen and oxygen atoms in total. The van der Waals surface area contributed by atoms with Crippen molar-refractivity contribution in [2.75, 3.05) is 0 Å². The topological polar surface area (TPSA) is 50.2 Å². The number of halogens is 2. The summed E-state index contributed by atoms with van der Waals surface area (Å²) in [6.07, 6.45) is 0.968. The summed E-state index contributed by atoms with van der Waals surface area (Å²) in [4.78, 5) is 13.6. The molecule has 0 atom stereocenters. The Morgan fingerprint density at radius 1 is 1.71 bits per heavy atom. The largest absolute Gasteiger partial charge is 0.481 e. The van der Waals surface area contributed by atoms with Gasteiger partial charge in [0.25, 0.3) is 0 Å². The summed E-state index contributed by atoms with van der Waals surface area (Å²) in [5.74, 6) is 2.86. The van der Waals surface area contributed by atoms with Crippen LogP contribution < -0.4 is 0 Å². The van der Waals surface area contributed by atoms with Gasteiger partial charge in [0.15, 0.2) is 11.0 Å². The van der Waals surface area contributed by atoms with E-state index in [0.29, 0.717) is 0 Å². The molecule has 0 aromatic carbocycles. The highest BCUT2D eigenvalue weighted by Gasteiger charge is 2.04. The van der Waals surface area contributed by atoms with Crippen LogP contribution >= 0.6 is 11.6 Å². The monoisotopic (exact) mass is 213 g/mol. The lowest BCUT2D eigenvalue weighted by Crippen LogP contribution is -1.91. The normalized spacial score (nSPS) is 9.00. The van der Waals surface area contributed by atoms with E-state index in [2.05, 4.69) is 16.8 Å². The molecule has 0 saturated carbocycles. The summed E-state index contributed by atoms with van der Waals surface area (Å²) in [7, 11) is 0. The molecule has 0 radical (unpaired) electrons. The molecule has 1 aromatic rings. The molecule has 0 saturated heterocycles. The molecule has 0 bridgehead atoms. The van der Waals surface area contributed by atoms with Gasteiger partial charge < -0.3 is 5.11 Å². The number of pyridine rings is 1. The van der Waals surface area contributed by atoms with Gasteiger partial charge in [0.2, 0.25) is 0 Å². The van der Waals surface area contributed by atoms with E-state index in [-0.39, 0.29) is 17.1 Å². The first-order valence-electron chi connectivity index (χ1n) is 3.62. The second-order valence-electron chi connectivity index (χ2n) is 2.34. The SMILES string of the molecule is O=C(O)CC#Cc1ccnc(Cl)c1F. The first-order valence-corrected chi connectivity index (χ1v) is 3.99. The van der Waals surface area contributed by atoms with Crippen molar-refractivity contribution in [2.45, 2.75) is 6.42 Å². The van der Waals surface area contributed by atoms with E-state index in [9.17, 15) is 9.18 Å². The number of hydrogen-bond acceptors (Lipinski definition) is 2. The van der Waals surface area contributed by atoms with Gasteiger partial charge in [-0.1, -0.05) is 23.4 Å². The minimum Gasteiger partial charge on any atom is -0.481 e. The first kappa shape index (κ1) is 10.5. The highest BCUT2D eigenvalue weighted by molar-refractivity contribution is 6.29. The number of aliphatic carboxylic acids is 1. The van der Waals surface area contributed by atoms with Crippen molar-refractivity contribution in [3.05, 3.63) is 28.8 Å². The second-order valence-corrected chi connectivity index (χ2v) is 2.69. The van der Waals surface area contributed by atoms with Crippen molar-refractivity contribution in [1.82, 2.24) is 4.98 Å². The maximum atomic E-state index is 13.1.